The van der Waals surface area contributed by atoms with Gasteiger partial charge in [0, 0.05) is 19.6 Å². The van der Waals surface area contributed by atoms with Gasteiger partial charge in [-0.1, -0.05) is 0 Å². The van der Waals surface area contributed by atoms with Crippen molar-refractivity contribution >= 4 is 17.6 Å². The van der Waals surface area contributed by atoms with E-state index in [1.807, 2.05) is 26.8 Å². The number of ether oxygens (including phenoxy) is 1. The van der Waals surface area contributed by atoms with E-state index in [9.17, 15) is 9.90 Å². The number of nitrogens with two attached hydrogens (primary N) is 1. The highest BCUT2D eigenvalue weighted by Gasteiger charge is 2.32. The molecule has 1 aliphatic heterocycles. The zero-order chi connectivity index (χ0) is 16.3. The SMILES string of the molecule is Cc1cc(N)ncc1N1CCN(C(=O)OC(C)C)C(CO)C1. The van der Waals surface area contributed by atoms with Crippen LogP contribution in [0.1, 0.15) is 19.4 Å². The number of hydrogen-bond donors (Lipinski definition) is 2. The average Bonchev–Trinajstić information content (AvgIpc) is 2.45. The Balaban J connectivity index is 2.10. The molecule has 22 heavy (non-hydrogen) atoms. The monoisotopic (exact) mass is 308 g/mol. The Morgan fingerprint density at radius 1 is 1.55 bits per heavy atom. The molecule has 0 bridgehead atoms. The van der Waals surface area contributed by atoms with Gasteiger partial charge in [0.15, 0.2) is 0 Å². The van der Waals surface area contributed by atoms with Crippen molar-refractivity contribution in [3.05, 3.63) is 17.8 Å². The molecule has 0 saturated carbocycles. The summed E-state index contributed by atoms with van der Waals surface area (Å²) in [6.07, 6.45) is 1.19. The number of aryl methyl sites for hydroxylation is 1. The summed E-state index contributed by atoms with van der Waals surface area (Å²) >= 11 is 0. The van der Waals surface area contributed by atoms with E-state index < -0.39 is 0 Å². The molecule has 7 heteroatoms. The Labute approximate surface area is 130 Å². The lowest BCUT2D eigenvalue weighted by Gasteiger charge is -2.41. The van der Waals surface area contributed by atoms with Crippen LogP contribution in [0, 0.1) is 6.92 Å². The summed E-state index contributed by atoms with van der Waals surface area (Å²) in [7, 11) is 0. The van der Waals surface area contributed by atoms with Gasteiger partial charge in [-0.15, -0.1) is 0 Å². The van der Waals surface area contributed by atoms with Crippen LogP contribution in [0.3, 0.4) is 0 Å². The van der Waals surface area contributed by atoms with E-state index in [2.05, 4.69) is 9.88 Å². The summed E-state index contributed by atoms with van der Waals surface area (Å²) < 4.78 is 5.23. The minimum atomic E-state index is -0.374. The minimum Gasteiger partial charge on any atom is -0.447 e. The molecule has 3 N–H and O–H groups in total. The van der Waals surface area contributed by atoms with E-state index in [0.29, 0.717) is 25.5 Å². The lowest BCUT2D eigenvalue weighted by atomic mass is 10.1. The van der Waals surface area contributed by atoms with E-state index in [-0.39, 0.29) is 24.8 Å². The van der Waals surface area contributed by atoms with E-state index in [1.165, 1.54) is 0 Å². The number of rotatable bonds is 3. The Morgan fingerprint density at radius 2 is 2.27 bits per heavy atom. The molecule has 1 aromatic heterocycles. The third-order valence-corrected chi connectivity index (χ3v) is 3.71. The molecule has 0 radical (unpaired) electrons. The van der Waals surface area contributed by atoms with Gasteiger partial charge in [0.2, 0.25) is 0 Å². The summed E-state index contributed by atoms with van der Waals surface area (Å²) in [6.45, 7) is 7.19. The van der Waals surface area contributed by atoms with Gasteiger partial charge in [0.25, 0.3) is 0 Å². The number of pyridine rings is 1. The smallest absolute Gasteiger partial charge is 0.410 e. The molecule has 1 fully saturated rings. The second kappa shape index (κ2) is 6.83. The first-order valence-electron chi connectivity index (χ1n) is 7.47. The van der Waals surface area contributed by atoms with Crippen LogP contribution in [0.25, 0.3) is 0 Å². The Kier molecular flexibility index (Phi) is 5.07. The van der Waals surface area contributed by atoms with Crippen molar-refractivity contribution < 1.29 is 14.6 Å². The normalized spacial score (nSPS) is 18.7. The van der Waals surface area contributed by atoms with E-state index >= 15 is 0 Å². The lowest BCUT2D eigenvalue weighted by Crippen LogP contribution is -2.57. The van der Waals surface area contributed by atoms with Gasteiger partial charge in [-0.2, -0.15) is 0 Å². The molecule has 1 aliphatic rings. The fourth-order valence-electron chi connectivity index (χ4n) is 2.64. The van der Waals surface area contributed by atoms with Crippen LogP contribution < -0.4 is 10.6 Å². The van der Waals surface area contributed by atoms with Gasteiger partial charge in [0.1, 0.15) is 5.82 Å². The van der Waals surface area contributed by atoms with Crippen LogP contribution in [0.15, 0.2) is 12.3 Å². The Hall–Kier alpha value is -2.02. The van der Waals surface area contributed by atoms with Crippen molar-refractivity contribution in [2.45, 2.75) is 32.9 Å². The zero-order valence-electron chi connectivity index (χ0n) is 13.3. The van der Waals surface area contributed by atoms with Crippen molar-refractivity contribution in [3.8, 4) is 0 Å². The van der Waals surface area contributed by atoms with Crippen LogP contribution in [0.4, 0.5) is 16.3 Å². The summed E-state index contributed by atoms with van der Waals surface area (Å²) in [5.41, 5.74) is 7.69. The summed E-state index contributed by atoms with van der Waals surface area (Å²) in [4.78, 5) is 19.9. The van der Waals surface area contributed by atoms with Gasteiger partial charge < -0.3 is 20.5 Å². The van der Waals surface area contributed by atoms with Crippen LogP contribution >= 0.6 is 0 Å². The lowest BCUT2D eigenvalue weighted by molar-refractivity contribution is 0.0464. The molecule has 1 aromatic rings. The fraction of sp³-hybridized carbons (Fsp3) is 0.600. The molecule has 2 rings (SSSR count). The molecule has 1 amide bonds. The number of carbonyl (C=O) groups excluding carboxylic acids is 1. The molecular formula is C15H24N4O3. The minimum absolute atomic E-state index is 0.106. The molecule has 0 spiro atoms. The number of nitrogen functional groups attached to an aromatic ring is 1. The molecule has 1 saturated heterocycles. The average molecular weight is 308 g/mol. The van der Waals surface area contributed by atoms with Gasteiger partial charge in [-0.3, -0.25) is 4.90 Å². The number of aliphatic hydroxyl groups excluding tert-OH is 1. The first kappa shape index (κ1) is 16.4. The molecule has 2 heterocycles. The summed E-state index contributed by atoms with van der Waals surface area (Å²) in [6, 6.07) is 1.53. The number of aliphatic hydroxyl groups is 1. The van der Waals surface area contributed by atoms with Crippen molar-refractivity contribution in [2.75, 3.05) is 36.9 Å². The second-order valence-corrected chi connectivity index (χ2v) is 5.80. The third kappa shape index (κ3) is 3.59. The number of nitrogens with zero attached hydrogens (tertiary/aromatic N) is 3. The quantitative estimate of drug-likeness (QED) is 0.865. The number of carbonyl (C=O) groups is 1. The largest absolute Gasteiger partial charge is 0.447 e. The number of amides is 1. The van der Waals surface area contributed by atoms with Gasteiger partial charge in [-0.25, -0.2) is 9.78 Å². The van der Waals surface area contributed by atoms with E-state index in [1.54, 1.807) is 11.1 Å². The topological polar surface area (TPSA) is 91.9 Å². The summed E-state index contributed by atoms with van der Waals surface area (Å²) in [5.74, 6) is 0.485. The van der Waals surface area contributed by atoms with Gasteiger partial charge >= 0.3 is 6.09 Å². The molecule has 1 atom stereocenters. The van der Waals surface area contributed by atoms with Crippen LogP contribution in [0.2, 0.25) is 0 Å². The first-order chi connectivity index (χ1) is 10.4. The molecule has 1 unspecified atom stereocenters. The van der Waals surface area contributed by atoms with Crippen LogP contribution in [-0.4, -0.2) is 59.5 Å². The van der Waals surface area contributed by atoms with Crippen LogP contribution in [-0.2, 0) is 4.74 Å². The molecule has 7 nitrogen and oxygen atoms in total. The molecule has 122 valence electrons. The predicted molar refractivity (Wildman–Crippen MR) is 84.8 cm³/mol. The maximum absolute atomic E-state index is 12.1. The maximum Gasteiger partial charge on any atom is 0.410 e. The van der Waals surface area contributed by atoms with Gasteiger partial charge in [-0.05, 0) is 32.4 Å². The fourth-order valence-corrected chi connectivity index (χ4v) is 2.64. The molecular weight excluding hydrogens is 284 g/mol. The number of aromatic nitrogens is 1. The summed E-state index contributed by atoms with van der Waals surface area (Å²) in [5, 5.41) is 9.61. The highest BCUT2D eigenvalue weighted by atomic mass is 16.6. The van der Waals surface area contributed by atoms with Crippen molar-refractivity contribution in [1.82, 2.24) is 9.88 Å². The number of hydrogen-bond acceptors (Lipinski definition) is 6. The predicted octanol–water partition coefficient (Wildman–Crippen LogP) is 1.00. The Bertz CT molecular complexity index is 536. The van der Waals surface area contributed by atoms with Crippen molar-refractivity contribution in [2.24, 2.45) is 0 Å². The highest BCUT2D eigenvalue weighted by Crippen LogP contribution is 2.24. The highest BCUT2D eigenvalue weighted by molar-refractivity contribution is 5.69. The number of piperazine rings is 1. The van der Waals surface area contributed by atoms with Crippen molar-refractivity contribution in [1.29, 1.82) is 0 Å². The van der Waals surface area contributed by atoms with Crippen molar-refractivity contribution in [3.63, 3.8) is 0 Å². The third-order valence-electron chi connectivity index (χ3n) is 3.71. The zero-order valence-corrected chi connectivity index (χ0v) is 13.3. The maximum atomic E-state index is 12.1. The van der Waals surface area contributed by atoms with Crippen LogP contribution in [0.5, 0.6) is 0 Å². The Morgan fingerprint density at radius 3 is 2.86 bits per heavy atom. The van der Waals surface area contributed by atoms with Gasteiger partial charge in [0.05, 0.1) is 30.6 Å². The van der Waals surface area contributed by atoms with E-state index in [4.69, 9.17) is 10.5 Å². The second-order valence-electron chi connectivity index (χ2n) is 5.80. The number of anilines is 2. The first-order valence-corrected chi connectivity index (χ1v) is 7.47. The standard InChI is InChI=1S/C15H24N4O3/c1-10(2)22-15(21)19-5-4-18(8-12(19)9-20)13-7-17-14(16)6-11(13)3/h6-7,10,12,20H,4-5,8-9H2,1-3H3,(H2,16,17). The van der Waals surface area contributed by atoms with E-state index in [0.717, 1.165) is 11.3 Å². The molecule has 0 aliphatic carbocycles. The molecule has 0 aromatic carbocycles.